The van der Waals surface area contributed by atoms with E-state index >= 15 is 0 Å². The van der Waals surface area contributed by atoms with Gasteiger partial charge in [-0.1, -0.05) is 63.2 Å². The van der Waals surface area contributed by atoms with Crippen molar-refractivity contribution in [2.75, 3.05) is 6.54 Å². The van der Waals surface area contributed by atoms with Crippen LogP contribution in [0.25, 0.3) is 11.1 Å². The third-order valence-electron chi connectivity index (χ3n) is 5.72. The van der Waals surface area contributed by atoms with Crippen LogP contribution in [0.2, 0.25) is 18.1 Å². The largest absolute Gasteiger partial charge is 0.413 e. The van der Waals surface area contributed by atoms with Gasteiger partial charge in [0.05, 0.1) is 13.2 Å². The van der Waals surface area contributed by atoms with E-state index in [-0.39, 0.29) is 11.6 Å². The Bertz CT molecular complexity index is 733. The van der Waals surface area contributed by atoms with Gasteiger partial charge in [0, 0.05) is 0 Å². The summed E-state index contributed by atoms with van der Waals surface area (Å²) in [5.74, 6) is 0. The third kappa shape index (κ3) is 5.75. The number of hydrogen-bond acceptors (Lipinski definition) is 3. The van der Waals surface area contributed by atoms with Crippen LogP contribution in [0, 0.1) is 0 Å². The van der Waals surface area contributed by atoms with E-state index in [1.165, 1.54) is 22.3 Å². The first kappa shape index (κ1) is 21.8. The fourth-order valence-electron chi connectivity index (χ4n) is 2.76. The van der Waals surface area contributed by atoms with Gasteiger partial charge >= 0.3 is 0 Å². The van der Waals surface area contributed by atoms with Crippen molar-refractivity contribution in [1.82, 2.24) is 0 Å². The average molecular weight is 386 g/mol. The van der Waals surface area contributed by atoms with E-state index in [1.54, 1.807) is 0 Å². The van der Waals surface area contributed by atoms with Crippen molar-refractivity contribution in [2.24, 2.45) is 5.73 Å². The van der Waals surface area contributed by atoms with Crippen molar-refractivity contribution in [3.05, 3.63) is 59.2 Å². The van der Waals surface area contributed by atoms with Crippen molar-refractivity contribution in [2.45, 2.75) is 65.0 Å². The number of nitrogens with two attached hydrogens (primary N) is 1. The Morgan fingerprint density at radius 1 is 0.963 bits per heavy atom. The predicted octanol–water partition coefficient (Wildman–Crippen LogP) is 5.26. The topological polar surface area (TPSA) is 55.5 Å². The van der Waals surface area contributed by atoms with Gasteiger partial charge in [0.25, 0.3) is 0 Å². The summed E-state index contributed by atoms with van der Waals surface area (Å²) in [6.07, 6.45) is 1.83. The molecule has 0 radical (unpaired) electrons. The van der Waals surface area contributed by atoms with Gasteiger partial charge in [-0.2, -0.15) is 0 Å². The van der Waals surface area contributed by atoms with Crippen molar-refractivity contribution in [3.63, 3.8) is 0 Å². The molecule has 2 rings (SSSR count). The minimum Gasteiger partial charge on any atom is -0.413 e. The van der Waals surface area contributed by atoms with Crippen LogP contribution in [0.15, 0.2) is 42.5 Å². The lowest BCUT2D eigenvalue weighted by atomic mass is 9.96. The van der Waals surface area contributed by atoms with Gasteiger partial charge in [-0.15, -0.1) is 0 Å². The number of aliphatic hydroxyl groups is 1. The molecule has 2 aromatic carbocycles. The molecule has 0 aliphatic rings. The van der Waals surface area contributed by atoms with Gasteiger partial charge < -0.3 is 15.3 Å². The van der Waals surface area contributed by atoms with Crippen molar-refractivity contribution >= 4 is 8.32 Å². The van der Waals surface area contributed by atoms with Gasteiger partial charge in [-0.05, 0) is 65.3 Å². The normalized spacial score (nSPS) is 12.4. The first-order valence-corrected chi connectivity index (χ1v) is 12.7. The molecule has 3 N–H and O–H groups in total. The standard InChI is InChI=1S/C23H35NO2Si/c1-23(2,3)27(4,5)26-17-18-8-10-19(11-9-18)21-12-13-22(16-25)20(15-21)7-6-14-24/h8-13,15,25H,6-7,14,16-17,24H2,1-5H3. The highest BCUT2D eigenvalue weighted by Crippen LogP contribution is 2.37. The molecule has 0 aliphatic heterocycles. The molecule has 4 heteroatoms. The van der Waals surface area contributed by atoms with E-state index in [0.717, 1.165) is 18.4 Å². The molecule has 0 aliphatic carbocycles. The Morgan fingerprint density at radius 3 is 2.15 bits per heavy atom. The average Bonchev–Trinajstić information content (AvgIpc) is 2.64. The molecule has 0 bridgehead atoms. The van der Waals surface area contributed by atoms with Crippen LogP contribution < -0.4 is 5.73 Å². The summed E-state index contributed by atoms with van der Waals surface area (Å²) in [4.78, 5) is 0. The van der Waals surface area contributed by atoms with E-state index < -0.39 is 8.32 Å². The van der Waals surface area contributed by atoms with Gasteiger partial charge in [0.2, 0.25) is 0 Å². The Kier molecular flexibility index (Phi) is 7.40. The maximum Gasteiger partial charge on any atom is 0.192 e. The maximum absolute atomic E-state index is 9.56. The van der Waals surface area contributed by atoms with E-state index in [2.05, 4.69) is 70.3 Å². The smallest absolute Gasteiger partial charge is 0.192 e. The summed E-state index contributed by atoms with van der Waals surface area (Å²) in [6.45, 7) is 12.8. The second kappa shape index (κ2) is 9.15. The molecule has 0 fully saturated rings. The van der Waals surface area contributed by atoms with Crippen LogP contribution in [0.4, 0.5) is 0 Å². The molecule has 0 saturated carbocycles. The Labute approximate surface area is 165 Å². The second-order valence-electron chi connectivity index (χ2n) is 8.78. The molecule has 3 nitrogen and oxygen atoms in total. The monoisotopic (exact) mass is 385 g/mol. The quantitative estimate of drug-likeness (QED) is 0.610. The Morgan fingerprint density at radius 2 is 1.59 bits per heavy atom. The van der Waals surface area contributed by atoms with Crippen LogP contribution in [-0.2, 0) is 24.1 Å². The Balaban J connectivity index is 2.13. The molecule has 0 atom stereocenters. The van der Waals surface area contributed by atoms with Gasteiger partial charge in [0.1, 0.15) is 0 Å². The number of rotatable bonds is 8. The molecule has 0 saturated heterocycles. The van der Waals surface area contributed by atoms with E-state index in [4.69, 9.17) is 10.2 Å². The lowest BCUT2D eigenvalue weighted by molar-refractivity contribution is 0.276. The van der Waals surface area contributed by atoms with Gasteiger partial charge in [-0.3, -0.25) is 0 Å². The number of aryl methyl sites for hydroxylation is 1. The first-order valence-electron chi connectivity index (χ1n) is 9.84. The van der Waals surface area contributed by atoms with Crippen LogP contribution in [0.3, 0.4) is 0 Å². The molecule has 148 valence electrons. The minimum atomic E-state index is -1.73. The zero-order valence-electron chi connectivity index (χ0n) is 17.5. The minimum absolute atomic E-state index is 0.0733. The highest BCUT2D eigenvalue weighted by molar-refractivity contribution is 6.74. The summed E-state index contributed by atoms with van der Waals surface area (Å²) in [5.41, 5.74) is 11.4. The number of hydrogen-bond donors (Lipinski definition) is 2. The van der Waals surface area contributed by atoms with Crippen LogP contribution in [0.1, 0.15) is 43.9 Å². The number of aliphatic hydroxyl groups excluding tert-OH is 1. The molecule has 27 heavy (non-hydrogen) atoms. The van der Waals surface area contributed by atoms with Crippen LogP contribution in [-0.4, -0.2) is 20.0 Å². The summed E-state index contributed by atoms with van der Waals surface area (Å²) < 4.78 is 6.32. The molecular formula is C23H35NO2Si. The second-order valence-corrected chi connectivity index (χ2v) is 13.6. The highest BCUT2D eigenvalue weighted by atomic mass is 28.4. The number of benzene rings is 2. The molecule has 0 unspecified atom stereocenters. The molecule has 0 spiro atoms. The lowest BCUT2D eigenvalue weighted by Gasteiger charge is -2.36. The fraction of sp³-hybridized carbons (Fsp3) is 0.478. The molecular weight excluding hydrogens is 350 g/mol. The predicted molar refractivity (Wildman–Crippen MR) is 117 cm³/mol. The van der Waals surface area contributed by atoms with E-state index in [0.29, 0.717) is 13.2 Å². The Hall–Kier alpha value is -1.46. The van der Waals surface area contributed by atoms with Crippen molar-refractivity contribution < 1.29 is 9.53 Å². The zero-order chi connectivity index (χ0) is 20.1. The summed E-state index contributed by atoms with van der Waals surface area (Å²) in [7, 11) is -1.73. The highest BCUT2D eigenvalue weighted by Gasteiger charge is 2.36. The fourth-order valence-corrected chi connectivity index (χ4v) is 3.72. The van der Waals surface area contributed by atoms with Gasteiger partial charge in [-0.25, -0.2) is 0 Å². The molecule has 0 aromatic heterocycles. The molecule has 0 amide bonds. The van der Waals surface area contributed by atoms with Crippen molar-refractivity contribution in [3.8, 4) is 11.1 Å². The van der Waals surface area contributed by atoms with Crippen LogP contribution in [0.5, 0.6) is 0 Å². The van der Waals surface area contributed by atoms with Crippen molar-refractivity contribution in [1.29, 1.82) is 0 Å². The summed E-state index contributed by atoms with van der Waals surface area (Å²) in [5, 5.41) is 9.78. The lowest BCUT2D eigenvalue weighted by Crippen LogP contribution is -2.40. The zero-order valence-corrected chi connectivity index (χ0v) is 18.5. The first-order chi connectivity index (χ1) is 12.7. The van der Waals surface area contributed by atoms with Gasteiger partial charge in [0.15, 0.2) is 8.32 Å². The molecule has 2 aromatic rings. The SMILES string of the molecule is CC(C)(C)[Si](C)(C)OCc1ccc(-c2ccc(CO)c(CCCN)c2)cc1. The molecule has 0 heterocycles. The van der Waals surface area contributed by atoms with E-state index in [9.17, 15) is 5.11 Å². The van der Waals surface area contributed by atoms with Crippen LogP contribution >= 0.6 is 0 Å². The summed E-state index contributed by atoms with van der Waals surface area (Å²) >= 11 is 0. The van der Waals surface area contributed by atoms with E-state index in [1.807, 2.05) is 6.07 Å². The maximum atomic E-state index is 9.56. The third-order valence-corrected chi connectivity index (χ3v) is 10.2. The summed E-state index contributed by atoms with van der Waals surface area (Å²) in [6, 6.07) is 14.9.